The Labute approximate surface area is 549 Å². The molecule has 0 aromatic carbocycles. The first kappa shape index (κ1) is 88.1. The van der Waals surface area contributed by atoms with Crippen LogP contribution in [-0.2, 0) is 65.4 Å². The van der Waals surface area contributed by atoms with Crippen molar-refractivity contribution in [2.24, 2.45) is 5.92 Å². The van der Waals surface area contributed by atoms with E-state index in [9.17, 15) is 43.2 Å². The first-order valence-electron chi connectivity index (χ1n) is 37.1. The van der Waals surface area contributed by atoms with Crippen molar-refractivity contribution in [2.45, 2.75) is 387 Å². The van der Waals surface area contributed by atoms with Crippen molar-refractivity contribution in [3.8, 4) is 0 Å². The lowest BCUT2D eigenvalue weighted by molar-refractivity contribution is -0.161. The van der Waals surface area contributed by atoms with Crippen LogP contribution in [0.15, 0.2) is 0 Å². The van der Waals surface area contributed by atoms with E-state index in [-0.39, 0.29) is 25.7 Å². The van der Waals surface area contributed by atoms with Gasteiger partial charge in [-0.1, -0.05) is 317 Å². The van der Waals surface area contributed by atoms with E-state index in [4.69, 9.17) is 37.0 Å². The van der Waals surface area contributed by atoms with E-state index in [0.717, 1.165) is 109 Å². The molecule has 0 aliphatic carbocycles. The number of rotatable bonds is 71. The summed E-state index contributed by atoms with van der Waals surface area (Å²) in [5.74, 6) is -1.33. The third-order valence-electron chi connectivity index (χ3n) is 16.5. The molecule has 0 saturated heterocycles. The quantitative estimate of drug-likeness (QED) is 0.0222. The highest BCUT2D eigenvalue weighted by atomic mass is 31.2. The maximum Gasteiger partial charge on any atom is 0.472 e. The second-order valence-corrected chi connectivity index (χ2v) is 29.0. The lowest BCUT2D eigenvalue weighted by atomic mass is 10.0. The molecule has 534 valence electrons. The minimum absolute atomic E-state index is 0.104. The molecular weight excluding hydrogens is 1190 g/mol. The number of phosphoric acid groups is 2. The fraction of sp³-hybridized carbons (Fsp3) is 0.944. The van der Waals surface area contributed by atoms with Crippen molar-refractivity contribution in [1.82, 2.24) is 0 Å². The number of ether oxygens (including phenoxy) is 4. The molecule has 5 atom stereocenters. The van der Waals surface area contributed by atoms with Crippen LogP contribution in [0.1, 0.15) is 369 Å². The number of carbonyl (C=O) groups is 4. The standard InChI is InChI=1S/C71H138O17P2/c1-6-9-12-15-17-19-20-21-22-23-24-28-31-34-37-41-45-50-55-69(74)82-61-67(88-71(76)57-52-47-42-38-35-32-29-26-25-27-30-33-36-39-44-48-53-64(4)5)63-86-90(79,80)84-59-65(72)58-83-89(77,78)85-62-66(60-81-68(73)54-49-43-14-11-8-3)87-70(75)56-51-46-40-18-16-13-10-7-2/h64-67,72H,6-63H2,1-5H3,(H,77,78)(H,79,80)/t65-,66+,67+/m0/s1. The van der Waals surface area contributed by atoms with Gasteiger partial charge in [-0.2, -0.15) is 0 Å². The van der Waals surface area contributed by atoms with Crippen molar-refractivity contribution >= 4 is 39.5 Å². The Kier molecular flexibility index (Phi) is 63.0. The molecule has 19 heteroatoms. The van der Waals surface area contributed by atoms with Crippen molar-refractivity contribution in [3.63, 3.8) is 0 Å². The Morgan fingerprint density at radius 2 is 0.511 bits per heavy atom. The summed E-state index contributed by atoms with van der Waals surface area (Å²) in [6, 6.07) is 0. The van der Waals surface area contributed by atoms with Gasteiger partial charge in [0.15, 0.2) is 12.2 Å². The molecule has 0 rings (SSSR count). The predicted molar refractivity (Wildman–Crippen MR) is 363 cm³/mol. The lowest BCUT2D eigenvalue weighted by Crippen LogP contribution is -2.30. The third-order valence-corrected chi connectivity index (χ3v) is 18.4. The van der Waals surface area contributed by atoms with Gasteiger partial charge in [0.25, 0.3) is 0 Å². The highest BCUT2D eigenvalue weighted by Crippen LogP contribution is 2.45. The summed E-state index contributed by atoms with van der Waals surface area (Å²) in [6.45, 7) is 7.16. The highest BCUT2D eigenvalue weighted by molar-refractivity contribution is 7.47. The second-order valence-electron chi connectivity index (χ2n) is 26.1. The molecular formula is C71H138O17P2. The molecule has 0 aromatic heterocycles. The van der Waals surface area contributed by atoms with Gasteiger partial charge < -0.3 is 33.8 Å². The van der Waals surface area contributed by atoms with E-state index in [0.29, 0.717) is 25.7 Å². The summed E-state index contributed by atoms with van der Waals surface area (Å²) in [5, 5.41) is 10.5. The Morgan fingerprint density at radius 1 is 0.300 bits per heavy atom. The van der Waals surface area contributed by atoms with E-state index in [1.807, 2.05) is 0 Å². The van der Waals surface area contributed by atoms with Crippen LogP contribution in [0.4, 0.5) is 0 Å². The first-order chi connectivity index (χ1) is 43.5. The molecule has 3 N–H and O–H groups in total. The van der Waals surface area contributed by atoms with Gasteiger partial charge >= 0.3 is 39.5 Å². The molecule has 90 heavy (non-hydrogen) atoms. The second kappa shape index (κ2) is 64.4. The van der Waals surface area contributed by atoms with Crippen molar-refractivity contribution < 1.29 is 80.2 Å². The molecule has 0 spiro atoms. The molecule has 0 saturated carbocycles. The normalized spacial score (nSPS) is 14.1. The molecule has 0 aliphatic heterocycles. The zero-order valence-electron chi connectivity index (χ0n) is 58.3. The summed E-state index contributed by atoms with van der Waals surface area (Å²) >= 11 is 0. The van der Waals surface area contributed by atoms with Crippen molar-refractivity contribution in [2.75, 3.05) is 39.6 Å². The maximum absolute atomic E-state index is 13.0. The van der Waals surface area contributed by atoms with Crippen LogP contribution in [0.2, 0.25) is 0 Å². The van der Waals surface area contributed by atoms with Crippen LogP contribution < -0.4 is 0 Å². The largest absolute Gasteiger partial charge is 0.472 e. The minimum atomic E-state index is -4.95. The zero-order valence-corrected chi connectivity index (χ0v) is 60.1. The number of phosphoric ester groups is 2. The Balaban J connectivity index is 5.10. The van der Waals surface area contributed by atoms with Gasteiger partial charge in [0.2, 0.25) is 0 Å². The Bertz CT molecular complexity index is 1740. The van der Waals surface area contributed by atoms with Gasteiger partial charge in [0.05, 0.1) is 26.4 Å². The summed E-state index contributed by atoms with van der Waals surface area (Å²) in [7, 11) is -9.88. The van der Waals surface area contributed by atoms with E-state index in [2.05, 4.69) is 34.6 Å². The van der Waals surface area contributed by atoms with Crippen LogP contribution in [0, 0.1) is 5.92 Å². The van der Waals surface area contributed by atoms with Gasteiger partial charge in [-0.3, -0.25) is 37.3 Å². The van der Waals surface area contributed by atoms with Gasteiger partial charge in [0, 0.05) is 25.7 Å². The maximum atomic E-state index is 13.0. The molecule has 0 radical (unpaired) electrons. The molecule has 0 aromatic rings. The summed E-state index contributed by atoms with van der Waals surface area (Å²) < 4.78 is 68.0. The highest BCUT2D eigenvalue weighted by Gasteiger charge is 2.30. The van der Waals surface area contributed by atoms with Crippen LogP contribution in [0.25, 0.3) is 0 Å². The van der Waals surface area contributed by atoms with Gasteiger partial charge in [-0.15, -0.1) is 0 Å². The average Bonchev–Trinajstić information content (AvgIpc) is 3.15. The lowest BCUT2D eigenvalue weighted by Gasteiger charge is -2.21. The number of esters is 4. The number of unbranched alkanes of at least 4 members (excludes halogenated alkanes) is 43. The minimum Gasteiger partial charge on any atom is -0.462 e. The van der Waals surface area contributed by atoms with E-state index in [1.54, 1.807) is 0 Å². The fourth-order valence-corrected chi connectivity index (χ4v) is 12.4. The monoisotopic (exact) mass is 1320 g/mol. The molecule has 0 heterocycles. The number of aliphatic hydroxyl groups excluding tert-OH is 1. The molecule has 0 amide bonds. The van der Waals surface area contributed by atoms with Crippen molar-refractivity contribution in [3.05, 3.63) is 0 Å². The Hall–Kier alpha value is -1.94. The molecule has 17 nitrogen and oxygen atoms in total. The molecule has 0 bridgehead atoms. The summed E-state index contributed by atoms with van der Waals surface area (Å²) in [6.07, 6.45) is 51.9. The van der Waals surface area contributed by atoms with Gasteiger partial charge in [-0.25, -0.2) is 9.13 Å². The topological polar surface area (TPSA) is 237 Å². The number of hydrogen-bond donors (Lipinski definition) is 3. The summed E-state index contributed by atoms with van der Waals surface area (Å²) in [4.78, 5) is 72.2. The Morgan fingerprint density at radius 3 is 0.756 bits per heavy atom. The number of carbonyl (C=O) groups excluding carboxylic acids is 4. The van der Waals surface area contributed by atoms with Crippen LogP contribution in [0.5, 0.6) is 0 Å². The average molecular weight is 1330 g/mol. The van der Waals surface area contributed by atoms with Gasteiger partial charge in [-0.05, 0) is 31.6 Å². The zero-order chi connectivity index (χ0) is 66.3. The molecule has 0 fully saturated rings. The van der Waals surface area contributed by atoms with Crippen molar-refractivity contribution in [1.29, 1.82) is 0 Å². The predicted octanol–water partition coefficient (Wildman–Crippen LogP) is 20.5. The van der Waals surface area contributed by atoms with E-state index < -0.39 is 97.5 Å². The van der Waals surface area contributed by atoms with E-state index in [1.165, 1.54) is 180 Å². The number of aliphatic hydroxyl groups is 1. The smallest absolute Gasteiger partial charge is 0.462 e. The molecule has 2 unspecified atom stereocenters. The van der Waals surface area contributed by atoms with Crippen LogP contribution in [-0.4, -0.2) is 96.7 Å². The SMILES string of the molecule is CCCCCCCCCCCCCCCCCCCCC(=O)OC[C@H](COP(=O)(O)OC[C@@H](O)COP(=O)(O)OC[C@@H](COC(=O)CCCCCCC)OC(=O)CCCCCCCCCC)OC(=O)CCCCCCCCCCCCCCCCCCC(C)C. The number of hydrogen-bond acceptors (Lipinski definition) is 15. The van der Waals surface area contributed by atoms with Crippen LogP contribution >= 0.6 is 15.6 Å². The molecule has 0 aliphatic rings. The first-order valence-corrected chi connectivity index (χ1v) is 40.1. The van der Waals surface area contributed by atoms with E-state index >= 15 is 0 Å². The van der Waals surface area contributed by atoms with Gasteiger partial charge in [0.1, 0.15) is 19.3 Å². The van der Waals surface area contributed by atoms with Crippen LogP contribution in [0.3, 0.4) is 0 Å². The summed E-state index contributed by atoms with van der Waals surface area (Å²) in [5.41, 5.74) is 0. The third kappa shape index (κ3) is 64.8. The fourth-order valence-electron chi connectivity index (χ4n) is 10.8.